The largest absolute Gasteiger partial charge is 0.495 e. The molecular weight excluding hydrogens is 315 g/mol. The first-order valence-electron chi connectivity index (χ1n) is 5.95. The molecule has 108 valence electrons. The van der Waals surface area contributed by atoms with E-state index in [1.165, 1.54) is 23.5 Å². The zero-order chi connectivity index (χ0) is 15.0. The number of anilines is 1. The Bertz CT molecular complexity index is 780. The summed E-state index contributed by atoms with van der Waals surface area (Å²) in [5.74, 6) is 0.128. The van der Waals surface area contributed by atoms with Crippen LogP contribution < -0.4 is 10.5 Å². The van der Waals surface area contributed by atoms with E-state index < -0.39 is 5.82 Å². The Kier molecular flexibility index (Phi) is 3.57. The van der Waals surface area contributed by atoms with Gasteiger partial charge in [0.15, 0.2) is 0 Å². The summed E-state index contributed by atoms with van der Waals surface area (Å²) in [6.45, 7) is 0. The summed E-state index contributed by atoms with van der Waals surface area (Å²) >= 11 is 7.50. The lowest BCUT2D eigenvalue weighted by atomic mass is 10.0. The molecule has 4 nitrogen and oxygen atoms in total. The zero-order valence-corrected chi connectivity index (χ0v) is 12.5. The molecule has 0 unspecified atom stereocenters. The highest BCUT2D eigenvalue weighted by Gasteiger charge is 2.25. The van der Waals surface area contributed by atoms with Gasteiger partial charge in [-0.05, 0) is 23.6 Å². The Morgan fingerprint density at radius 3 is 2.86 bits per heavy atom. The van der Waals surface area contributed by atoms with E-state index in [0.29, 0.717) is 21.9 Å². The van der Waals surface area contributed by atoms with Crippen molar-refractivity contribution in [2.24, 2.45) is 0 Å². The van der Waals surface area contributed by atoms with E-state index in [1.54, 1.807) is 19.2 Å². The summed E-state index contributed by atoms with van der Waals surface area (Å²) in [6.07, 6.45) is 0. The molecule has 2 N–H and O–H groups in total. The minimum atomic E-state index is -0.492. The van der Waals surface area contributed by atoms with Gasteiger partial charge in [0.1, 0.15) is 17.3 Å². The minimum Gasteiger partial charge on any atom is -0.495 e. The number of halogens is 2. The van der Waals surface area contributed by atoms with Gasteiger partial charge in [0.25, 0.3) is 0 Å². The van der Waals surface area contributed by atoms with Crippen LogP contribution in [-0.4, -0.2) is 12.3 Å². The van der Waals surface area contributed by atoms with Crippen LogP contribution in [0.15, 0.2) is 34.2 Å². The van der Waals surface area contributed by atoms with Crippen LogP contribution >= 0.6 is 22.9 Å². The second kappa shape index (κ2) is 5.38. The molecule has 0 aliphatic heterocycles. The van der Waals surface area contributed by atoms with Gasteiger partial charge in [-0.2, -0.15) is 0 Å². The lowest BCUT2D eigenvalue weighted by Gasteiger charge is -2.06. The van der Waals surface area contributed by atoms with Crippen LogP contribution in [0.3, 0.4) is 0 Å². The molecular formula is C14H10ClFN2O2S. The number of hydrogen-bond acceptors (Lipinski definition) is 5. The topological polar surface area (TPSA) is 61.3 Å². The van der Waals surface area contributed by atoms with Crippen molar-refractivity contribution in [3.63, 3.8) is 0 Å². The van der Waals surface area contributed by atoms with Gasteiger partial charge in [-0.1, -0.05) is 22.8 Å². The lowest BCUT2D eigenvalue weighted by Crippen LogP contribution is -1.92. The predicted molar refractivity (Wildman–Crippen MR) is 81.2 cm³/mol. The number of nitrogen functional groups attached to an aromatic ring is 1. The molecule has 0 atom stereocenters. The average molecular weight is 325 g/mol. The highest BCUT2D eigenvalue weighted by Crippen LogP contribution is 2.45. The fraction of sp³-hybridized carbons (Fsp3) is 0.0714. The summed E-state index contributed by atoms with van der Waals surface area (Å²) in [5.41, 5.74) is 6.73. The Hall–Kier alpha value is -2.05. The van der Waals surface area contributed by atoms with Gasteiger partial charge >= 0.3 is 0 Å². The number of thiophene rings is 1. The molecule has 0 spiro atoms. The van der Waals surface area contributed by atoms with Gasteiger partial charge in [-0.3, -0.25) is 0 Å². The number of hydrogen-bond donors (Lipinski definition) is 1. The molecule has 21 heavy (non-hydrogen) atoms. The second-order valence-corrected chi connectivity index (χ2v) is 5.51. The smallest absolute Gasteiger partial charge is 0.230 e. The minimum absolute atomic E-state index is 0.00690. The van der Waals surface area contributed by atoms with E-state index in [4.69, 9.17) is 26.6 Å². The molecule has 0 saturated heterocycles. The molecule has 0 aliphatic carbocycles. The van der Waals surface area contributed by atoms with Crippen molar-refractivity contribution >= 4 is 28.8 Å². The highest BCUT2D eigenvalue weighted by molar-refractivity contribution is 7.14. The fourth-order valence-corrected chi connectivity index (χ4v) is 3.17. The third kappa shape index (κ3) is 2.26. The van der Waals surface area contributed by atoms with Crippen molar-refractivity contribution in [2.45, 2.75) is 0 Å². The summed E-state index contributed by atoms with van der Waals surface area (Å²) in [7, 11) is 1.55. The van der Waals surface area contributed by atoms with E-state index in [0.717, 1.165) is 0 Å². The molecule has 0 fully saturated rings. The van der Waals surface area contributed by atoms with Crippen LogP contribution in [-0.2, 0) is 0 Å². The molecule has 0 aliphatic rings. The highest BCUT2D eigenvalue weighted by atomic mass is 35.5. The van der Waals surface area contributed by atoms with Crippen LogP contribution in [0.1, 0.15) is 0 Å². The number of benzene rings is 1. The fourth-order valence-electron chi connectivity index (χ4n) is 2.07. The van der Waals surface area contributed by atoms with E-state index in [9.17, 15) is 4.39 Å². The van der Waals surface area contributed by atoms with Crippen molar-refractivity contribution in [3.8, 4) is 27.4 Å². The summed E-state index contributed by atoms with van der Waals surface area (Å²) < 4.78 is 24.5. The van der Waals surface area contributed by atoms with E-state index in [1.807, 2.05) is 5.38 Å². The van der Waals surface area contributed by atoms with Crippen molar-refractivity contribution in [1.82, 2.24) is 5.16 Å². The number of methoxy groups -OCH3 is 1. The second-order valence-electron chi connectivity index (χ2n) is 4.19. The van der Waals surface area contributed by atoms with E-state index in [2.05, 4.69) is 5.16 Å². The summed E-state index contributed by atoms with van der Waals surface area (Å²) in [4.78, 5) is 0.701. The number of rotatable bonds is 3. The Morgan fingerprint density at radius 1 is 1.33 bits per heavy atom. The predicted octanol–water partition coefficient (Wildman–Crippen LogP) is 4.45. The molecule has 0 amide bonds. The normalized spacial score (nSPS) is 10.8. The summed E-state index contributed by atoms with van der Waals surface area (Å²) in [6, 6.07) is 6.21. The molecule has 7 heteroatoms. The van der Waals surface area contributed by atoms with Gasteiger partial charge in [0.2, 0.25) is 5.88 Å². The van der Waals surface area contributed by atoms with Crippen molar-refractivity contribution in [2.75, 3.05) is 12.8 Å². The molecule has 3 rings (SSSR count). The van der Waals surface area contributed by atoms with E-state index >= 15 is 0 Å². The number of aromatic nitrogens is 1. The average Bonchev–Trinajstić information content (AvgIpc) is 3.06. The number of ether oxygens (including phenoxy) is 1. The zero-order valence-electron chi connectivity index (χ0n) is 10.9. The van der Waals surface area contributed by atoms with Crippen molar-refractivity contribution in [1.29, 1.82) is 0 Å². The maximum Gasteiger partial charge on any atom is 0.230 e. The van der Waals surface area contributed by atoms with Crippen LogP contribution in [0, 0.1) is 5.82 Å². The Labute approximate surface area is 128 Å². The molecule has 0 radical (unpaired) electrons. The first-order valence-corrected chi connectivity index (χ1v) is 7.20. The number of nitrogens with zero attached hydrogens (tertiary/aromatic N) is 1. The van der Waals surface area contributed by atoms with Crippen LogP contribution in [0.4, 0.5) is 10.3 Å². The third-order valence-corrected chi connectivity index (χ3v) is 4.21. The molecule has 3 aromatic rings. The van der Waals surface area contributed by atoms with Gasteiger partial charge in [-0.15, -0.1) is 11.3 Å². The first-order chi connectivity index (χ1) is 10.1. The standard InChI is InChI=1S/C14H10ClFN2O2S/c1-19-9-5-6-21-13(9)12-11(14(17)20-18-12)10-7(15)3-2-4-8(10)16/h2-6H,17H2,1H3. The van der Waals surface area contributed by atoms with Gasteiger partial charge in [0, 0.05) is 5.56 Å². The third-order valence-electron chi connectivity index (χ3n) is 3.00. The lowest BCUT2D eigenvalue weighted by molar-refractivity contribution is 0.416. The quantitative estimate of drug-likeness (QED) is 0.773. The van der Waals surface area contributed by atoms with Crippen molar-refractivity contribution in [3.05, 3.63) is 40.5 Å². The van der Waals surface area contributed by atoms with Gasteiger partial charge in [-0.25, -0.2) is 4.39 Å². The first kappa shape index (κ1) is 13.9. The van der Waals surface area contributed by atoms with Gasteiger partial charge in [0.05, 0.1) is 22.6 Å². The molecule has 2 heterocycles. The SMILES string of the molecule is COc1ccsc1-c1noc(N)c1-c1c(F)cccc1Cl. The maximum absolute atomic E-state index is 14.2. The summed E-state index contributed by atoms with van der Waals surface area (Å²) in [5, 5.41) is 6.01. The Morgan fingerprint density at radius 2 is 2.14 bits per heavy atom. The van der Waals surface area contributed by atoms with Gasteiger partial charge < -0.3 is 15.0 Å². The molecule has 0 saturated carbocycles. The monoisotopic (exact) mass is 324 g/mol. The van der Waals surface area contributed by atoms with Crippen LogP contribution in [0.5, 0.6) is 5.75 Å². The maximum atomic E-state index is 14.2. The molecule has 0 bridgehead atoms. The molecule has 2 aromatic heterocycles. The van der Waals surface area contributed by atoms with Crippen LogP contribution in [0.2, 0.25) is 5.02 Å². The Balaban J connectivity index is 2.28. The van der Waals surface area contributed by atoms with Crippen LogP contribution in [0.25, 0.3) is 21.7 Å². The van der Waals surface area contributed by atoms with Crippen molar-refractivity contribution < 1.29 is 13.7 Å². The van der Waals surface area contributed by atoms with E-state index in [-0.39, 0.29) is 16.5 Å². The number of nitrogens with two attached hydrogens (primary N) is 1. The molecule has 1 aromatic carbocycles.